The zero-order valence-corrected chi connectivity index (χ0v) is 26.1. The molecule has 7 aromatic rings. The average Bonchev–Trinajstić information content (AvgIpc) is 3.59. The van der Waals surface area contributed by atoms with Gasteiger partial charge in [-0.15, -0.1) is 54.1 Å². The summed E-state index contributed by atoms with van der Waals surface area (Å²) in [5.41, 5.74) is 10.9. The van der Waals surface area contributed by atoms with Crippen LogP contribution < -0.4 is 0 Å². The van der Waals surface area contributed by atoms with Gasteiger partial charge in [0.05, 0.1) is 22.4 Å². The van der Waals surface area contributed by atoms with Crippen LogP contribution in [0.25, 0.3) is 61.2 Å². The fourth-order valence-electron chi connectivity index (χ4n) is 5.58. The Morgan fingerprint density at radius 3 is 2.57 bits per heavy atom. The molecule has 0 N–H and O–H groups in total. The minimum absolute atomic E-state index is 0. The standard InChI is InChI=1S/C20H16NO.C17H13N2.Ir/c1-13(2)14-10-11-21-18(12-14)17-8-5-7-16-15-6-3-4-9-19(15)22-20(16)17;1-12-10-11-19-16-14(12)8-5-9-15(16)18-17(19)13-6-3-2-4-7-13;/h3-7,9-13H,1-2H3;2-6,8-10H,11H2,1H3;/q2*-1;. The van der Waals surface area contributed by atoms with Crippen LogP contribution in [0.15, 0.2) is 108 Å². The van der Waals surface area contributed by atoms with Crippen LogP contribution in [-0.4, -0.2) is 14.5 Å². The van der Waals surface area contributed by atoms with Crippen LogP contribution in [0.4, 0.5) is 0 Å². The first kappa shape index (κ1) is 27.8. The van der Waals surface area contributed by atoms with Gasteiger partial charge in [-0.3, -0.25) is 4.98 Å². The molecule has 0 spiro atoms. The van der Waals surface area contributed by atoms with Crippen molar-refractivity contribution >= 4 is 38.5 Å². The SMILES string of the molecule is CC(C)c1ccnc(-c2[c-]ccc3c2oc2ccccc23)c1.CC1=CCn2c(-c3[c-]cccc3)nc3cccc1c32.[Ir]. The Hall–Kier alpha value is -4.31. The molecular weight excluding hydrogens is 695 g/mol. The van der Waals surface area contributed by atoms with Crippen LogP contribution in [0.3, 0.4) is 0 Å². The van der Waals surface area contributed by atoms with Crippen molar-refractivity contribution in [2.45, 2.75) is 33.2 Å². The zero-order valence-electron chi connectivity index (χ0n) is 23.7. The molecule has 0 atom stereocenters. The van der Waals surface area contributed by atoms with Crippen LogP contribution >= 0.6 is 0 Å². The smallest absolute Gasteiger partial charge is 0.120 e. The van der Waals surface area contributed by atoms with E-state index in [1.54, 1.807) is 0 Å². The van der Waals surface area contributed by atoms with Gasteiger partial charge in [-0.2, -0.15) is 0 Å². The van der Waals surface area contributed by atoms with Gasteiger partial charge in [-0.25, -0.2) is 0 Å². The molecule has 1 aliphatic rings. The van der Waals surface area contributed by atoms with Crippen molar-refractivity contribution in [1.29, 1.82) is 0 Å². The number of benzene rings is 4. The molecule has 1 aliphatic heterocycles. The summed E-state index contributed by atoms with van der Waals surface area (Å²) in [6.07, 6.45) is 4.12. The third kappa shape index (κ3) is 4.89. The first-order chi connectivity index (χ1) is 20.1. The number of fused-ring (bicyclic) bond motifs is 3. The monoisotopic (exact) mass is 724 g/mol. The molecule has 4 nitrogen and oxygen atoms in total. The van der Waals surface area contributed by atoms with Gasteiger partial charge in [-0.1, -0.05) is 72.8 Å². The number of hydrogen-bond donors (Lipinski definition) is 0. The van der Waals surface area contributed by atoms with Gasteiger partial charge in [0, 0.05) is 43.8 Å². The Morgan fingerprint density at radius 2 is 1.74 bits per heavy atom. The number of pyridine rings is 1. The Labute approximate surface area is 259 Å². The number of para-hydroxylation sites is 2. The van der Waals surface area contributed by atoms with E-state index in [0.29, 0.717) is 5.92 Å². The van der Waals surface area contributed by atoms with Crippen LogP contribution in [0.5, 0.6) is 0 Å². The molecule has 0 aliphatic carbocycles. The molecule has 42 heavy (non-hydrogen) atoms. The molecule has 0 fully saturated rings. The summed E-state index contributed by atoms with van der Waals surface area (Å²) < 4.78 is 8.35. The van der Waals surface area contributed by atoms with Gasteiger partial charge in [0.2, 0.25) is 0 Å². The maximum Gasteiger partial charge on any atom is 0.120 e. The van der Waals surface area contributed by atoms with Crippen molar-refractivity contribution in [2.75, 3.05) is 0 Å². The fraction of sp³-hybridized carbons (Fsp3) is 0.135. The summed E-state index contributed by atoms with van der Waals surface area (Å²) in [4.78, 5) is 9.31. The predicted molar refractivity (Wildman–Crippen MR) is 168 cm³/mol. The van der Waals surface area contributed by atoms with Gasteiger partial charge in [-0.05, 0) is 42.3 Å². The molecular formula is C37H29IrN3O-2. The van der Waals surface area contributed by atoms with Gasteiger partial charge >= 0.3 is 0 Å². The van der Waals surface area contributed by atoms with Crippen LogP contribution in [0.1, 0.15) is 37.8 Å². The second-order valence-electron chi connectivity index (χ2n) is 10.7. The van der Waals surface area contributed by atoms with E-state index in [2.05, 4.69) is 97.1 Å². The van der Waals surface area contributed by atoms with E-state index in [1.807, 2.05) is 48.7 Å². The average molecular weight is 724 g/mol. The normalized spacial score (nSPS) is 12.2. The summed E-state index contributed by atoms with van der Waals surface area (Å²) >= 11 is 0. The van der Waals surface area contributed by atoms with E-state index in [-0.39, 0.29) is 20.1 Å². The fourth-order valence-corrected chi connectivity index (χ4v) is 5.58. The summed E-state index contributed by atoms with van der Waals surface area (Å²) in [7, 11) is 0. The number of furan rings is 1. The van der Waals surface area contributed by atoms with Crippen molar-refractivity contribution in [3.63, 3.8) is 0 Å². The minimum Gasteiger partial charge on any atom is -0.501 e. The van der Waals surface area contributed by atoms with Crippen molar-refractivity contribution in [3.8, 4) is 22.6 Å². The summed E-state index contributed by atoms with van der Waals surface area (Å²) in [6, 6.07) is 37.2. The van der Waals surface area contributed by atoms with Crippen LogP contribution in [0, 0.1) is 12.1 Å². The van der Waals surface area contributed by atoms with Crippen molar-refractivity contribution < 1.29 is 24.5 Å². The van der Waals surface area contributed by atoms with E-state index in [0.717, 1.165) is 56.6 Å². The second-order valence-corrected chi connectivity index (χ2v) is 10.7. The molecule has 0 unspecified atom stereocenters. The quantitative estimate of drug-likeness (QED) is 0.171. The second kappa shape index (κ2) is 11.5. The van der Waals surface area contributed by atoms with Gasteiger partial charge < -0.3 is 14.0 Å². The van der Waals surface area contributed by atoms with Crippen LogP contribution in [0.2, 0.25) is 0 Å². The third-order valence-corrected chi connectivity index (χ3v) is 7.77. The molecule has 0 bridgehead atoms. The number of nitrogens with zero attached hydrogens (tertiary/aromatic N) is 3. The van der Waals surface area contributed by atoms with Gasteiger partial charge in [0.15, 0.2) is 0 Å². The van der Waals surface area contributed by atoms with E-state index in [4.69, 9.17) is 9.40 Å². The van der Waals surface area contributed by atoms with Crippen molar-refractivity contribution in [3.05, 3.63) is 127 Å². The van der Waals surface area contributed by atoms with Gasteiger partial charge in [0.1, 0.15) is 5.58 Å². The summed E-state index contributed by atoms with van der Waals surface area (Å²) in [6.45, 7) is 7.42. The Bertz CT molecular complexity index is 2070. The van der Waals surface area contributed by atoms with E-state index < -0.39 is 0 Å². The molecule has 209 valence electrons. The number of rotatable bonds is 3. The van der Waals surface area contributed by atoms with Crippen LogP contribution in [-0.2, 0) is 26.7 Å². The van der Waals surface area contributed by atoms with Crippen molar-refractivity contribution in [2.24, 2.45) is 0 Å². The predicted octanol–water partition coefficient (Wildman–Crippen LogP) is 9.49. The van der Waals surface area contributed by atoms with Crippen molar-refractivity contribution in [1.82, 2.24) is 14.5 Å². The number of imidazole rings is 1. The Morgan fingerprint density at radius 1 is 0.881 bits per heavy atom. The molecule has 5 heteroatoms. The number of allylic oxidation sites excluding steroid dienone is 2. The molecule has 4 aromatic carbocycles. The summed E-state index contributed by atoms with van der Waals surface area (Å²) in [5, 5.41) is 2.24. The van der Waals surface area contributed by atoms with E-state index in [1.165, 1.54) is 22.2 Å². The number of aromatic nitrogens is 3. The summed E-state index contributed by atoms with van der Waals surface area (Å²) in [5.74, 6) is 1.48. The topological polar surface area (TPSA) is 43.9 Å². The molecule has 4 heterocycles. The largest absolute Gasteiger partial charge is 0.501 e. The molecule has 8 rings (SSSR count). The molecule has 0 amide bonds. The first-order valence-electron chi connectivity index (χ1n) is 14.0. The molecule has 0 saturated carbocycles. The Balaban J connectivity index is 0.000000148. The molecule has 1 radical (unpaired) electrons. The molecule has 0 saturated heterocycles. The first-order valence-corrected chi connectivity index (χ1v) is 14.0. The minimum atomic E-state index is 0. The van der Waals surface area contributed by atoms with E-state index >= 15 is 0 Å². The Kier molecular flexibility index (Phi) is 7.64. The zero-order chi connectivity index (χ0) is 27.9. The van der Waals surface area contributed by atoms with Gasteiger partial charge in [0.25, 0.3) is 0 Å². The molecule has 3 aromatic heterocycles. The third-order valence-electron chi connectivity index (χ3n) is 7.77. The maximum atomic E-state index is 6.07. The van der Waals surface area contributed by atoms with E-state index in [9.17, 15) is 0 Å². The number of hydrogen-bond acceptors (Lipinski definition) is 3. The maximum absolute atomic E-state index is 6.07.